The van der Waals surface area contributed by atoms with E-state index in [4.69, 9.17) is 0 Å². The molecule has 2 aromatic heterocycles. The molecule has 0 bridgehead atoms. The van der Waals surface area contributed by atoms with E-state index in [-0.39, 0.29) is 18.1 Å². The summed E-state index contributed by atoms with van der Waals surface area (Å²) in [6.45, 7) is 1.42. The summed E-state index contributed by atoms with van der Waals surface area (Å²) >= 11 is 1.69. The smallest absolute Gasteiger partial charge is 0.317 e. The van der Waals surface area contributed by atoms with Gasteiger partial charge >= 0.3 is 6.03 Å². The quantitative estimate of drug-likeness (QED) is 0.905. The first kappa shape index (κ1) is 16.9. The summed E-state index contributed by atoms with van der Waals surface area (Å²) < 4.78 is 0. The summed E-state index contributed by atoms with van der Waals surface area (Å²) in [5, 5.41) is 7.35. The molecule has 24 heavy (non-hydrogen) atoms. The first-order valence-corrected chi connectivity index (χ1v) is 9.24. The minimum absolute atomic E-state index is 0.0244. The highest BCUT2D eigenvalue weighted by Gasteiger charge is 2.30. The third kappa shape index (κ3) is 3.76. The lowest BCUT2D eigenvalue weighted by Crippen LogP contribution is -2.42. The Morgan fingerprint density at radius 3 is 2.88 bits per heavy atom. The number of aromatic nitrogens is 1. The maximum absolute atomic E-state index is 12.7. The van der Waals surface area contributed by atoms with Crippen molar-refractivity contribution in [2.75, 3.05) is 27.2 Å². The van der Waals surface area contributed by atoms with Gasteiger partial charge in [0.2, 0.25) is 0 Å². The van der Waals surface area contributed by atoms with Gasteiger partial charge in [0.15, 0.2) is 0 Å². The number of nitrogens with zero attached hydrogens (tertiary/aromatic N) is 3. The van der Waals surface area contributed by atoms with Crippen molar-refractivity contribution in [2.45, 2.75) is 24.9 Å². The molecule has 1 aliphatic rings. The molecule has 0 spiro atoms. The third-order valence-electron chi connectivity index (χ3n) is 4.60. The molecular weight excluding hydrogens is 320 g/mol. The monoisotopic (exact) mass is 344 g/mol. The van der Waals surface area contributed by atoms with E-state index in [0.717, 1.165) is 19.4 Å². The number of urea groups is 1. The van der Waals surface area contributed by atoms with Crippen LogP contribution < -0.4 is 5.32 Å². The highest BCUT2D eigenvalue weighted by atomic mass is 32.1. The van der Waals surface area contributed by atoms with Gasteiger partial charge in [-0.1, -0.05) is 0 Å². The largest absolute Gasteiger partial charge is 0.336 e. The Labute approximate surface area is 147 Å². The molecule has 1 aliphatic heterocycles. The summed E-state index contributed by atoms with van der Waals surface area (Å²) in [5.74, 6) is 0. The number of carbonyl (C=O) groups excluding carboxylic acids is 1. The van der Waals surface area contributed by atoms with Crippen molar-refractivity contribution in [2.24, 2.45) is 0 Å². The number of rotatable bonds is 5. The third-order valence-corrected chi connectivity index (χ3v) is 5.30. The Morgan fingerprint density at radius 2 is 2.21 bits per heavy atom. The molecule has 5 nitrogen and oxygen atoms in total. The van der Waals surface area contributed by atoms with Gasteiger partial charge in [-0.05, 0) is 67.0 Å². The SMILES string of the molecule is CN(C)[C@H](CNC(=O)N1CCC[C@@H]1c1ccncc1)c1ccsc1. The van der Waals surface area contributed by atoms with Crippen LogP contribution in [-0.4, -0.2) is 48.0 Å². The van der Waals surface area contributed by atoms with Gasteiger partial charge in [-0.25, -0.2) is 4.79 Å². The Morgan fingerprint density at radius 1 is 1.42 bits per heavy atom. The summed E-state index contributed by atoms with van der Waals surface area (Å²) in [6.07, 6.45) is 5.64. The van der Waals surface area contributed by atoms with E-state index in [1.54, 1.807) is 23.7 Å². The fraction of sp³-hybridized carbons (Fsp3) is 0.444. The molecule has 1 fully saturated rings. The second-order valence-corrected chi connectivity index (χ2v) is 7.13. The van der Waals surface area contributed by atoms with Crippen LogP contribution in [0.4, 0.5) is 4.79 Å². The molecule has 1 N–H and O–H groups in total. The van der Waals surface area contributed by atoms with Crippen molar-refractivity contribution in [3.63, 3.8) is 0 Å². The van der Waals surface area contributed by atoms with E-state index in [0.29, 0.717) is 6.54 Å². The van der Waals surface area contributed by atoms with Crippen LogP contribution >= 0.6 is 11.3 Å². The van der Waals surface area contributed by atoms with Gasteiger partial charge in [-0.2, -0.15) is 11.3 Å². The van der Waals surface area contributed by atoms with Gasteiger partial charge in [0.05, 0.1) is 12.1 Å². The second kappa shape index (κ2) is 7.77. The van der Waals surface area contributed by atoms with Crippen molar-refractivity contribution < 1.29 is 4.79 Å². The summed E-state index contributed by atoms with van der Waals surface area (Å²) in [5.41, 5.74) is 2.41. The van der Waals surface area contributed by atoms with E-state index in [9.17, 15) is 4.79 Å². The van der Waals surface area contributed by atoms with E-state index in [1.165, 1.54) is 11.1 Å². The highest BCUT2D eigenvalue weighted by Crippen LogP contribution is 2.31. The molecule has 128 valence electrons. The van der Waals surface area contributed by atoms with E-state index in [1.807, 2.05) is 31.1 Å². The topological polar surface area (TPSA) is 48.5 Å². The summed E-state index contributed by atoms with van der Waals surface area (Å²) in [4.78, 5) is 20.9. The normalized spacial score (nSPS) is 18.8. The molecule has 3 rings (SSSR count). The molecule has 6 heteroatoms. The highest BCUT2D eigenvalue weighted by molar-refractivity contribution is 7.07. The minimum Gasteiger partial charge on any atom is -0.336 e. The van der Waals surface area contributed by atoms with Gasteiger partial charge in [-0.3, -0.25) is 4.98 Å². The number of hydrogen-bond acceptors (Lipinski definition) is 4. The molecule has 0 aliphatic carbocycles. The van der Waals surface area contributed by atoms with Crippen LogP contribution in [0.5, 0.6) is 0 Å². The predicted molar refractivity (Wildman–Crippen MR) is 97.1 cm³/mol. The molecule has 1 saturated heterocycles. The van der Waals surface area contributed by atoms with Gasteiger partial charge in [-0.15, -0.1) is 0 Å². The zero-order valence-corrected chi connectivity index (χ0v) is 15.0. The number of likely N-dealkylation sites (tertiary alicyclic amines) is 1. The maximum Gasteiger partial charge on any atom is 0.317 e. The molecule has 0 saturated carbocycles. The number of thiophene rings is 1. The van der Waals surface area contributed by atoms with E-state index in [2.05, 4.69) is 32.0 Å². The van der Waals surface area contributed by atoms with E-state index >= 15 is 0 Å². The Bertz CT molecular complexity index is 644. The number of amides is 2. The van der Waals surface area contributed by atoms with Crippen LogP contribution in [0.3, 0.4) is 0 Å². The molecule has 0 unspecified atom stereocenters. The van der Waals surface area contributed by atoms with E-state index < -0.39 is 0 Å². The lowest BCUT2D eigenvalue weighted by molar-refractivity contribution is 0.187. The summed E-state index contributed by atoms with van der Waals surface area (Å²) in [6, 6.07) is 6.51. The van der Waals surface area contributed by atoms with Crippen molar-refractivity contribution in [1.29, 1.82) is 0 Å². The Balaban J connectivity index is 1.64. The molecule has 3 heterocycles. The van der Waals surface area contributed by atoms with Gasteiger partial charge in [0.1, 0.15) is 0 Å². The van der Waals surface area contributed by atoms with Crippen LogP contribution in [-0.2, 0) is 0 Å². The van der Waals surface area contributed by atoms with Gasteiger partial charge < -0.3 is 15.1 Å². The van der Waals surface area contributed by atoms with Crippen LogP contribution in [0.2, 0.25) is 0 Å². The van der Waals surface area contributed by atoms with Gasteiger partial charge in [0, 0.05) is 25.5 Å². The van der Waals surface area contributed by atoms with Gasteiger partial charge in [0.25, 0.3) is 0 Å². The molecule has 2 aromatic rings. The van der Waals surface area contributed by atoms with Crippen molar-refractivity contribution in [3.8, 4) is 0 Å². The number of pyridine rings is 1. The molecule has 2 amide bonds. The fourth-order valence-corrected chi connectivity index (χ4v) is 4.00. The first-order valence-electron chi connectivity index (χ1n) is 8.29. The van der Waals surface area contributed by atoms with Crippen LogP contribution in [0, 0.1) is 0 Å². The molecule has 0 radical (unpaired) electrons. The fourth-order valence-electron chi connectivity index (χ4n) is 3.29. The maximum atomic E-state index is 12.7. The summed E-state index contributed by atoms with van der Waals surface area (Å²) in [7, 11) is 4.09. The van der Waals surface area contributed by atoms with Crippen molar-refractivity contribution in [1.82, 2.24) is 20.1 Å². The van der Waals surface area contributed by atoms with Crippen molar-refractivity contribution >= 4 is 17.4 Å². The Kier molecular flexibility index (Phi) is 5.48. The number of carbonyl (C=O) groups is 1. The van der Waals surface area contributed by atoms with Crippen LogP contribution in [0.1, 0.15) is 36.1 Å². The zero-order valence-electron chi connectivity index (χ0n) is 14.2. The lowest BCUT2D eigenvalue weighted by Gasteiger charge is -2.28. The second-order valence-electron chi connectivity index (χ2n) is 6.35. The number of nitrogens with one attached hydrogen (secondary N) is 1. The zero-order chi connectivity index (χ0) is 16.9. The van der Waals surface area contributed by atoms with Crippen LogP contribution in [0.15, 0.2) is 41.4 Å². The minimum atomic E-state index is 0.0244. The molecule has 0 aromatic carbocycles. The number of hydrogen-bond donors (Lipinski definition) is 1. The standard InChI is InChI=1S/C18H24N4OS/c1-21(2)17(15-7-11-24-13-15)12-20-18(23)22-10-3-4-16(22)14-5-8-19-9-6-14/h5-9,11,13,16-17H,3-4,10,12H2,1-2H3,(H,20,23)/t16-,17-/m1/s1. The molecular formula is C18H24N4OS. The van der Waals surface area contributed by atoms with Crippen molar-refractivity contribution in [3.05, 3.63) is 52.5 Å². The first-order chi connectivity index (χ1) is 11.7. The predicted octanol–water partition coefficient (Wildman–Crippen LogP) is 3.29. The lowest BCUT2D eigenvalue weighted by atomic mass is 10.1. The average molecular weight is 344 g/mol. The molecule has 2 atom stereocenters. The Hall–Kier alpha value is -1.92. The van der Waals surface area contributed by atoms with Crippen LogP contribution in [0.25, 0.3) is 0 Å². The number of likely N-dealkylation sites (N-methyl/N-ethyl adjacent to an activating group) is 1. The average Bonchev–Trinajstić information content (AvgIpc) is 3.27.